The van der Waals surface area contributed by atoms with Crippen LogP contribution in [0.2, 0.25) is 0 Å². The molecule has 0 radical (unpaired) electrons. The smallest absolute Gasteiger partial charge is 0.264 e. The first-order valence-electron chi connectivity index (χ1n) is 13.9. The second kappa shape index (κ2) is 11.1. The number of fused-ring (bicyclic) bond motifs is 4. The van der Waals surface area contributed by atoms with Gasteiger partial charge < -0.3 is 14.4 Å². The molecule has 1 aliphatic carbocycles. The van der Waals surface area contributed by atoms with E-state index in [-0.39, 0.29) is 52.8 Å². The van der Waals surface area contributed by atoms with Crippen molar-refractivity contribution in [2.24, 2.45) is 5.41 Å². The fourth-order valence-corrected chi connectivity index (χ4v) is 6.72. The van der Waals surface area contributed by atoms with Crippen LogP contribution in [0.5, 0.6) is 5.88 Å². The van der Waals surface area contributed by atoms with Gasteiger partial charge in [0.15, 0.2) is 0 Å². The van der Waals surface area contributed by atoms with E-state index in [4.69, 9.17) is 9.47 Å². The van der Waals surface area contributed by atoms with Crippen LogP contribution < -0.4 is 9.46 Å². The van der Waals surface area contributed by atoms with E-state index in [1.807, 2.05) is 36.9 Å². The summed E-state index contributed by atoms with van der Waals surface area (Å²) in [5, 5.41) is 0. The van der Waals surface area contributed by atoms with E-state index >= 15 is 0 Å². The second-order valence-corrected chi connectivity index (χ2v) is 13.9. The molecular formula is C31H38N4O5S. The van der Waals surface area contributed by atoms with Crippen molar-refractivity contribution in [2.45, 2.75) is 77.0 Å². The molecule has 0 spiro atoms. The van der Waals surface area contributed by atoms with E-state index in [0.717, 1.165) is 16.7 Å². The summed E-state index contributed by atoms with van der Waals surface area (Å²) >= 11 is 0. The Balaban J connectivity index is 1.66. The van der Waals surface area contributed by atoms with Gasteiger partial charge in [0.1, 0.15) is 6.61 Å². The number of hydrogen-bond donors (Lipinski definition) is 1. The van der Waals surface area contributed by atoms with Crippen molar-refractivity contribution in [2.75, 3.05) is 18.4 Å². The Morgan fingerprint density at radius 2 is 1.73 bits per heavy atom. The van der Waals surface area contributed by atoms with E-state index < -0.39 is 10.0 Å². The Morgan fingerprint density at radius 3 is 2.39 bits per heavy atom. The van der Waals surface area contributed by atoms with Crippen LogP contribution in [0.3, 0.4) is 0 Å². The molecule has 0 unspecified atom stereocenters. The quantitative estimate of drug-likeness (QED) is 0.443. The molecule has 4 bridgehead atoms. The molecule has 9 nitrogen and oxygen atoms in total. The summed E-state index contributed by atoms with van der Waals surface area (Å²) in [4.78, 5) is 25.0. The van der Waals surface area contributed by atoms with Gasteiger partial charge in [0, 0.05) is 30.3 Å². The Labute approximate surface area is 242 Å². The van der Waals surface area contributed by atoms with Crippen LogP contribution in [0.15, 0.2) is 53.4 Å². The average molecular weight is 579 g/mol. The summed E-state index contributed by atoms with van der Waals surface area (Å²) in [7, 11) is -2.43. The molecule has 1 aliphatic heterocycles. The van der Waals surface area contributed by atoms with E-state index in [1.165, 1.54) is 12.1 Å². The molecule has 10 heteroatoms. The summed E-state index contributed by atoms with van der Waals surface area (Å²) in [6.45, 7) is 10.6. The third kappa shape index (κ3) is 6.23. The number of carbonyl (C=O) groups excluding carboxylic acids is 1. The highest BCUT2D eigenvalue weighted by atomic mass is 32.2. The maximum atomic E-state index is 14.1. The normalized spacial score (nSPS) is 22.3. The van der Waals surface area contributed by atoms with Gasteiger partial charge in [-0.15, -0.1) is 0 Å². The number of rotatable bonds is 4. The second-order valence-electron chi connectivity index (χ2n) is 12.2. The van der Waals surface area contributed by atoms with Crippen LogP contribution in [-0.4, -0.2) is 61.1 Å². The number of hydrogen-bond acceptors (Lipinski definition) is 7. The highest BCUT2D eigenvalue weighted by Crippen LogP contribution is 2.36. The molecule has 1 saturated carbocycles. The van der Waals surface area contributed by atoms with Gasteiger partial charge in [-0.05, 0) is 67.9 Å². The minimum Gasteiger partial charge on any atom is -0.475 e. The number of anilines is 1. The van der Waals surface area contributed by atoms with Crippen molar-refractivity contribution in [3.05, 3.63) is 65.2 Å². The van der Waals surface area contributed by atoms with Crippen LogP contribution in [0.25, 0.3) is 11.3 Å². The highest BCUT2D eigenvalue weighted by molar-refractivity contribution is 7.92. The van der Waals surface area contributed by atoms with Crippen LogP contribution in [0, 0.1) is 19.3 Å². The number of benzene rings is 2. The Morgan fingerprint density at radius 1 is 1.05 bits per heavy atom. The number of aryl methyl sites for hydroxylation is 2. The van der Waals surface area contributed by atoms with Crippen molar-refractivity contribution in [1.29, 1.82) is 0 Å². The summed E-state index contributed by atoms with van der Waals surface area (Å²) in [5.41, 5.74) is 3.61. The summed E-state index contributed by atoms with van der Waals surface area (Å²) in [5.74, 6) is -0.0917. The zero-order valence-corrected chi connectivity index (χ0v) is 25.3. The monoisotopic (exact) mass is 578 g/mol. The van der Waals surface area contributed by atoms with Crippen LogP contribution >= 0.6 is 0 Å². The standard InChI is InChI=1S/C31H38N4O5S/c1-19-9-7-10-20(2)28(19)26-16-27-33-30(32-26)34-41(37,38)25-12-8-11-21(13-25)29(36)35(22-14-24(15-22)39-6)23(18-40-27)17-31(3,4)5/h7-13,16,22-24H,14-15,17-18H2,1-6H3,(H,32,33,34)/t22-,23-,24+/m1/s1. The zero-order valence-electron chi connectivity index (χ0n) is 24.5. The van der Waals surface area contributed by atoms with Crippen LogP contribution in [-0.2, 0) is 14.8 Å². The van der Waals surface area contributed by atoms with Gasteiger partial charge in [-0.3, -0.25) is 4.79 Å². The lowest BCUT2D eigenvalue weighted by atomic mass is 9.82. The number of nitrogens with zero attached hydrogens (tertiary/aromatic N) is 3. The van der Waals surface area contributed by atoms with E-state index in [2.05, 4.69) is 35.5 Å². The first kappa shape index (κ1) is 29.0. The Hall–Kier alpha value is -3.50. The lowest BCUT2D eigenvalue weighted by Gasteiger charge is -2.47. The van der Waals surface area contributed by atoms with Gasteiger partial charge in [0.2, 0.25) is 11.8 Å². The van der Waals surface area contributed by atoms with Crippen LogP contribution in [0.1, 0.15) is 61.5 Å². The van der Waals surface area contributed by atoms with E-state index in [0.29, 0.717) is 30.5 Å². The predicted molar refractivity (Wildman–Crippen MR) is 158 cm³/mol. The third-order valence-corrected chi connectivity index (χ3v) is 9.08. The Kier molecular flexibility index (Phi) is 7.82. The number of methoxy groups -OCH3 is 1. The maximum Gasteiger partial charge on any atom is 0.264 e. The molecule has 1 fully saturated rings. The molecule has 1 amide bonds. The fourth-order valence-electron chi connectivity index (χ4n) is 5.73. The SMILES string of the molecule is CO[C@H]1C[C@@H](N2C(=O)c3cccc(c3)S(=O)(=O)Nc3nc(cc(-c4c(C)cccc4C)n3)OC[C@H]2CC(C)(C)C)C1. The molecule has 5 rings (SSSR count). The largest absolute Gasteiger partial charge is 0.475 e. The number of aromatic nitrogens is 2. The zero-order chi connectivity index (χ0) is 29.5. The van der Waals surface area contributed by atoms with Crippen molar-refractivity contribution >= 4 is 21.9 Å². The molecule has 1 N–H and O–H groups in total. The summed E-state index contributed by atoms with van der Waals surface area (Å²) in [6.07, 6.45) is 2.16. The van der Waals surface area contributed by atoms with Gasteiger partial charge in [-0.25, -0.2) is 18.1 Å². The number of ether oxygens (including phenoxy) is 2. The molecule has 2 aromatic carbocycles. The lowest BCUT2D eigenvalue weighted by Crippen LogP contribution is -2.56. The van der Waals surface area contributed by atoms with Gasteiger partial charge in [0.25, 0.3) is 15.9 Å². The summed E-state index contributed by atoms with van der Waals surface area (Å²) in [6, 6.07) is 13.5. The molecule has 0 saturated heterocycles. The minimum absolute atomic E-state index is 0.0400. The minimum atomic E-state index is -4.11. The van der Waals surface area contributed by atoms with E-state index in [1.54, 1.807) is 25.3 Å². The lowest BCUT2D eigenvalue weighted by molar-refractivity contribution is -0.0413. The fraction of sp³-hybridized carbons (Fsp3) is 0.452. The molecule has 1 aromatic heterocycles. The molecule has 3 aromatic rings. The highest BCUT2D eigenvalue weighted by Gasteiger charge is 2.41. The molecule has 1 atom stereocenters. The van der Waals surface area contributed by atoms with Crippen LogP contribution in [0.4, 0.5) is 5.95 Å². The third-order valence-electron chi connectivity index (χ3n) is 7.75. The van der Waals surface area contributed by atoms with Gasteiger partial charge in [-0.1, -0.05) is 45.0 Å². The van der Waals surface area contributed by atoms with Gasteiger partial charge >= 0.3 is 0 Å². The molecule has 218 valence electrons. The predicted octanol–water partition coefficient (Wildman–Crippen LogP) is 5.38. The molecular weight excluding hydrogens is 540 g/mol. The molecule has 2 heterocycles. The van der Waals surface area contributed by atoms with Crippen molar-refractivity contribution in [3.63, 3.8) is 0 Å². The number of carbonyl (C=O) groups is 1. The molecule has 41 heavy (non-hydrogen) atoms. The van der Waals surface area contributed by atoms with Crippen molar-refractivity contribution in [3.8, 4) is 17.1 Å². The average Bonchev–Trinajstić information content (AvgIpc) is 2.87. The molecule has 2 aliphatic rings. The number of nitrogens with one attached hydrogen (secondary N) is 1. The first-order chi connectivity index (χ1) is 19.3. The van der Waals surface area contributed by atoms with Crippen molar-refractivity contribution < 1.29 is 22.7 Å². The van der Waals surface area contributed by atoms with Gasteiger partial charge in [-0.2, -0.15) is 4.98 Å². The first-order valence-corrected chi connectivity index (χ1v) is 15.4. The van der Waals surface area contributed by atoms with Gasteiger partial charge in [0.05, 0.1) is 22.7 Å². The number of amides is 1. The Bertz CT molecular complexity index is 1540. The van der Waals surface area contributed by atoms with Crippen molar-refractivity contribution in [1.82, 2.24) is 14.9 Å². The topological polar surface area (TPSA) is 111 Å². The summed E-state index contributed by atoms with van der Waals surface area (Å²) < 4.78 is 41.4. The number of sulfonamides is 1. The van der Waals surface area contributed by atoms with E-state index in [9.17, 15) is 13.2 Å². The maximum absolute atomic E-state index is 14.1.